The van der Waals surface area contributed by atoms with Crippen molar-refractivity contribution in [2.24, 2.45) is 0 Å². The van der Waals surface area contributed by atoms with Gasteiger partial charge in [-0.3, -0.25) is 14.4 Å². The van der Waals surface area contributed by atoms with Gasteiger partial charge in [0.25, 0.3) is 0 Å². The van der Waals surface area contributed by atoms with Crippen LogP contribution in [0, 0.1) is 0 Å². The van der Waals surface area contributed by atoms with E-state index in [1.807, 2.05) is 0 Å². The molecule has 1 unspecified atom stereocenters. The maximum atomic E-state index is 12.9. The van der Waals surface area contributed by atoms with Gasteiger partial charge in [-0.15, -0.1) is 0 Å². The van der Waals surface area contributed by atoms with Crippen molar-refractivity contribution in [1.29, 1.82) is 0 Å². The van der Waals surface area contributed by atoms with Gasteiger partial charge in [-0.05, 0) is 109 Å². The van der Waals surface area contributed by atoms with Crippen LogP contribution in [-0.2, 0) is 28.6 Å². The van der Waals surface area contributed by atoms with Gasteiger partial charge in [-0.1, -0.05) is 286 Å². The number of unbranched alkanes of at least 4 members (excludes halogenated alkanes) is 38. The summed E-state index contributed by atoms with van der Waals surface area (Å²) in [5.74, 6) is -0.888. The minimum Gasteiger partial charge on any atom is -0.462 e. The molecule has 0 saturated carbocycles. The molecule has 0 amide bonds. The number of carbonyl (C=O) groups is 3. The van der Waals surface area contributed by atoms with Gasteiger partial charge in [0.15, 0.2) is 6.10 Å². The minimum atomic E-state index is -0.786. The molecule has 0 fully saturated rings. The third-order valence-electron chi connectivity index (χ3n) is 14.7. The SMILES string of the molecule is CCCC/C=C\C/C=C\CCCCCCCC(=O)OCC(COC(=O)CCCCCCCCCCCCCCCCC/C=C\C/C=C\CCCCCCC)OC(=O)CCCCCCCCC/C=C\C/C=C\CCCCCC. The van der Waals surface area contributed by atoms with Crippen LogP contribution in [0.2, 0.25) is 0 Å². The van der Waals surface area contributed by atoms with E-state index in [0.29, 0.717) is 19.3 Å². The van der Waals surface area contributed by atoms with E-state index in [2.05, 4.69) is 93.7 Å². The fourth-order valence-electron chi connectivity index (χ4n) is 9.58. The predicted molar refractivity (Wildman–Crippen MR) is 335 cm³/mol. The van der Waals surface area contributed by atoms with Gasteiger partial charge >= 0.3 is 17.9 Å². The average Bonchev–Trinajstić information content (AvgIpc) is 3.43. The Morgan fingerprint density at radius 2 is 0.481 bits per heavy atom. The third kappa shape index (κ3) is 63.6. The third-order valence-corrected chi connectivity index (χ3v) is 14.7. The first-order chi connectivity index (χ1) is 38.0. The monoisotopic (exact) mass is 1070 g/mol. The van der Waals surface area contributed by atoms with Crippen molar-refractivity contribution >= 4 is 17.9 Å². The Labute approximate surface area is 478 Å². The number of hydrogen-bond donors (Lipinski definition) is 0. The van der Waals surface area contributed by atoms with Crippen molar-refractivity contribution in [2.45, 2.75) is 348 Å². The van der Waals surface area contributed by atoms with E-state index in [-0.39, 0.29) is 31.1 Å². The molecule has 77 heavy (non-hydrogen) atoms. The van der Waals surface area contributed by atoms with Gasteiger partial charge in [0, 0.05) is 19.3 Å². The van der Waals surface area contributed by atoms with Crippen LogP contribution in [0.4, 0.5) is 0 Å². The van der Waals surface area contributed by atoms with Crippen LogP contribution in [-0.4, -0.2) is 37.2 Å². The van der Waals surface area contributed by atoms with Crippen molar-refractivity contribution in [3.05, 3.63) is 72.9 Å². The van der Waals surface area contributed by atoms with Crippen LogP contribution in [0.3, 0.4) is 0 Å². The molecule has 1 atom stereocenters. The molecule has 0 N–H and O–H groups in total. The Hall–Kier alpha value is -3.15. The lowest BCUT2D eigenvalue weighted by Gasteiger charge is -2.18. The number of ether oxygens (including phenoxy) is 3. The van der Waals surface area contributed by atoms with Crippen molar-refractivity contribution in [2.75, 3.05) is 13.2 Å². The van der Waals surface area contributed by atoms with E-state index in [0.717, 1.165) is 96.3 Å². The van der Waals surface area contributed by atoms with Crippen LogP contribution in [0.1, 0.15) is 342 Å². The average molecular weight is 1080 g/mol. The summed E-state index contributed by atoms with van der Waals surface area (Å²) in [7, 11) is 0. The zero-order valence-corrected chi connectivity index (χ0v) is 51.2. The Bertz CT molecular complexity index is 1420. The first-order valence-corrected chi connectivity index (χ1v) is 33.4. The summed E-state index contributed by atoms with van der Waals surface area (Å²) < 4.78 is 16.9. The number of hydrogen-bond acceptors (Lipinski definition) is 6. The van der Waals surface area contributed by atoms with E-state index >= 15 is 0 Å². The molecular formula is C71H126O6. The molecule has 0 spiro atoms. The highest BCUT2D eigenvalue weighted by Gasteiger charge is 2.19. The molecule has 0 aliphatic heterocycles. The van der Waals surface area contributed by atoms with Crippen molar-refractivity contribution < 1.29 is 28.6 Å². The first kappa shape index (κ1) is 73.8. The summed E-state index contributed by atoms with van der Waals surface area (Å²) in [6, 6.07) is 0. The standard InChI is InChI=1S/C71H126O6/c1-4-7-10-13-16-19-22-25-28-30-32-33-34-35-36-37-38-39-40-42-43-46-49-52-55-58-61-64-70(73)76-67-68(66-75-69(72)63-60-57-54-51-48-45-27-24-21-18-15-12-9-6-3)77-71(74)65-62-59-56-53-50-47-44-41-31-29-26-23-20-17-14-11-8-5-2/h15,18,20,22-25,27,29-32,68H,4-14,16-17,19,21,26,28,33-67H2,1-3H3/b18-15-,23-20-,25-22-,27-24-,31-29-,32-30-. The van der Waals surface area contributed by atoms with Crippen molar-refractivity contribution in [1.82, 2.24) is 0 Å². The Balaban J connectivity index is 4.28. The lowest BCUT2D eigenvalue weighted by atomic mass is 10.0. The van der Waals surface area contributed by atoms with Gasteiger partial charge in [-0.2, -0.15) is 0 Å². The number of esters is 3. The van der Waals surface area contributed by atoms with Crippen LogP contribution >= 0.6 is 0 Å². The highest BCUT2D eigenvalue weighted by atomic mass is 16.6. The summed E-state index contributed by atoms with van der Waals surface area (Å²) in [6.45, 7) is 6.59. The lowest BCUT2D eigenvalue weighted by molar-refractivity contribution is -0.167. The lowest BCUT2D eigenvalue weighted by Crippen LogP contribution is -2.30. The molecule has 0 rings (SSSR count). The summed E-state index contributed by atoms with van der Waals surface area (Å²) in [4.78, 5) is 38.3. The molecule has 6 heteroatoms. The van der Waals surface area contributed by atoms with Gasteiger partial charge in [0.2, 0.25) is 0 Å². The number of allylic oxidation sites excluding steroid dienone is 12. The van der Waals surface area contributed by atoms with Crippen LogP contribution < -0.4 is 0 Å². The van der Waals surface area contributed by atoms with E-state index in [1.54, 1.807) is 0 Å². The fourth-order valence-corrected chi connectivity index (χ4v) is 9.58. The molecule has 0 heterocycles. The summed E-state index contributed by atoms with van der Waals surface area (Å²) >= 11 is 0. The van der Waals surface area contributed by atoms with E-state index in [9.17, 15) is 14.4 Å². The first-order valence-electron chi connectivity index (χ1n) is 33.4. The maximum Gasteiger partial charge on any atom is 0.306 e. The van der Waals surface area contributed by atoms with Gasteiger partial charge in [0.1, 0.15) is 13.2 Å². The molecule has 0 radical (unpaired) electrons. The quantitative estimate of drug-likeness (QED) is 0.0261. The second kappa shape index (κ2) is 65.4. The van der Waals surface area contributed by atoms with Crippen LogP contribution in [0.5, 0.6) is 0 Å². The zero-order valence-electron chi connectivity index (χ0n) is 51.2. The topological polar surface area (TPSA) is 78.9 Å². The second-order valence-electron chi connectivity index (χ2n) is 22.4. The molecule has 0 saturated heterocycles. The molecule has 0 aromatic rings. The Morgan fingerprint density at radius 3 is 0.766 bits per heavy atom. The summed E-state index contributed by atoms with van der Waals surface area (Å²) in [5, 5.41) is 0. The Kier molecular flexibility index (Phi) is 62.7. The van der Waals surface area contributed by atoms with Crippen LogP contribution in [0.15, 0.2) is 72.9 Å². The molecule has 0 aromatic heterocycles. The molecule has 6 nitrogen and oxygen atoms in total. The van der Waals surface area contributed by atoms with E-state index in [1.165, 1.54) is 205 Å². The van der Waals surface area contributed by atoms with Crippen molar-refractivity contribution in [3.8, 4) is 0 Å². The fraction of sp³-hybridized carbons (Fsp3) is 0.789. The van der Waals surface area contributed by atoms with E-state index in [4.69, 9.17) is 14.2 Å². The smallest absolute Gasteiger partial charge is 0.306 e. The molecule has 0 bridgehead atoms. The van der Waals surface area contributed by atoms with Crippen molar-refractivity contribution in [3.63, 3.8) is 0 Å². The van der Waals surface area contributed by atoms with Gasteiger partial charge in [-0.25, -0.2) is 0 Å². The molecule has 0 aliphatic rings. The molecule has 446 valence electrons. The van der Waals surface area contributed by atoms with Gasteiger partial charge < -0.3 is 14.2 Å². The van der Waals surface area contributed by atoms with Crippen LogP contribution in [0.25, 0.3) is 0 Å². The number of rotatable bonds is 61. The largest absolute Gasteiger partial charge is 0.462 e. The summed E-state index contributed by atoms with van der Waals surface area (Å²) in [5.41, 5.74) is 0. The molecular weight excluding hydrogens is 949 g/mol. The zero-order chi connectivity index (χ0) is 55.7. The molecule has 0 aliphatic carbocycles. The normalized spacial score (nSPS) is 12.5. The maximum absolute atomic E-state index is 12.9. The second-order valence-corrected chi connectivity index (χ2v) is 22.4. The van der Waals surface area contributed by atoms with Gasteiger partial charge in [0.05, 0.1) is 0 Å². The highest BCUT2D eigenvalue weighted by molar-refractivity contribution is 5.71. The molecule has 0 aromatic carbocycles. The number of carbonyl (C=O) groups excluding carboxylic acids is 3. The summed E-state index contributed by atoms with van der Waals surface area (Å²) in [6.07, 6.45) is 84.9. The Morgan fingerprint density at radius 1 is 0.260 bits per heavy atom. The highest BCUT2D eigenvalue weighted by Crippen LogP contribution is 2.17. The van der Waals surface area contributed by atoms with E-state index < -0.39 is 6.10 Å². The minimum absolute atomic E-state index is 0.0812. The predicted octanol–water partition coefficient (Wildman–Crippen LogP) is 22.9.